The van der Waals surface area contributed by atoms with E-state index in [1.54, 1.807) is 14.0 Å². The number of hydrogen-bond acceptors (Lipinski definition) is 6. The Morgan fingerprint density at radius 3 is 2.32 bits per heavy atom. The molecule has 1 heterocycles. The zero-order chi connectivity index (χ0) is 24.2. The van der Waals surface area contributed by atoms with Gasteiger partial charge in [-0.2, -0.15) is 0 Å². The highest BCUT2D eigenvalue weighted by atomic mass is 32.1. The van der Waals surface area contributed by atoms with Gasteiger partial charge in [0.15, 0.2) is 5.13 Å². The van der Waals surface area contributed by atoms with Crippen LogP contribution in [0, 0.1) is 6.92 Å². The number of hydrogen-bond donors (Lipinski definition) is 2. The van der Waals surface area contributed by atoms with E-state index >= 15 is 0 Å². The first-order valence-corrected chi connectivity index (χ1v) is 11.7. The number of carboxylic acids is 1. The summed E-state index contributed by atoms with van der Waals surface area (Å²) in [6.45, 7) is 2.19. The number of aryl methyl sites for hydroxylation is 1. The Hall–Kier alpha value is -3.72. The molecule has 0 fully saturated rings. The van der Waals surface area contributed by atoms with E-state index < -0.39 is 12.1 Å². The summed E-state index contributed by atoms with van der Waals surface area (Å²) in [6, 6.07) is 16.2. The number of carbonyl (C=O) groups excluding carboxylic acids is 2. The average molecular weight is 480 g/mol. The van der Waals surface area contributed by atoms with Crippen LogP contribution in [0.4, 0.5) is 9.93 Å². The van der Waals surface area contributed by atoms with Crippen LogP contribution in [0.5, 0.6) is 0 Å². The maximum atomic E-state index is 12.7. The molecule has 0 saturated carbocycles. The Morgan fingerprint density at radius 1 is 1.09 bits per heavy atom. The largest absolute Gasteiger partial charge is 0.481 e. The predicted molar refractivity (Wildman–Crippen MR) is 129 cm³/mol. The fourth-order valence-corrected chi connectivity index (χ4v) is 5.06. The van der Waals surface area contributed by atoms with Gasteiger partial charge >= 0.3 is 12.1 Å². The molecule has 2 amide bonds. The van der Waals surface area contributed by atoms with Crippen molar-refractivity contribution in [1.29, 1.82) is 0 Å². The second-order valence-corrected chi connectivity index (χ2v) is 9.11. The molecule has 0 bridgehead atoms. The van der Waals surface area contributed by atoms with Crippen molar-refractivity contribution in [2.24, 2.45) is 0 Å². The maximum Gasteiger partial charge on any atom is 0.413 e. The van der Waals surface area contributed by atoms with Gasteiger partial charge in [0.05, 0.1) is 5.69 Å². The van der Waals surface area contributed by atoms with Crippen LogP contribution in [0.3, 0.4) is 0 Å². The van der Waals surface area contributed by atoms with E-state index in [2.05, 4.69) is 34.6 Å². The highest BCUT2D eigenvalue weighted by Gasteiger charge is 2.29. The molecule has 0 atom stereocenters. The fourth-order valence-electron chi connectivity index (χ4n) is 4.11. The number of fused-ring (bicyclic) bond motifs is 3. The minimum atomic E-state index is -0.899. The molecule has 9 heteroatoms. The smallest absolute Gasteiger partial charge is 0.413 e. The highest BCUT2D eigenvalue weighted by Crippen LogP contribution is 2.44. The van der Waals surface area contributed by atoms with Crippen molar-refractivity contribution in [1.82, 2.24) is 9.88 Å². The van der Waals surface area contributed by atoms with Crippen molar-refractivity contribution in [2.45, 2.75) is 25.7 Å². The van der Waals surface area contributed by atoms with Gasteiger partial charge in [0.2, 0.25) is 0 Å². The van der Waals surface area contributed by atoms with E-state index in [4.69, 9.17) is 9.84 Å². The molecule has 0 unspecified atom stereocenters. The average Bonchev–Trinajstić information content (AvgIpc) is 3.34. The first-order valence-electron chi connectivity index (χ1n) is 10.9. The Bertz CT molecular complexity index is 1190. The Morgan fingerprint density at radius 2 is 1.71 bits per heavy atom. The second kappa shape index (κ2) is 10.0. The lowest BCUT2D eigenvalue weighted by Crippen LogP contribution is -2.27. The zero-order valence-electron chi connectivity index (χ0n) is 18.9. The van der Waals surface area contributed by atoms with Crippen LogP contribution in [0.1, 0.15) is 45.3 Å². The second-order valence-electron chi connectivity index (χ2n) is 8.11. The van der Waals surface area contributed by atoms with Crippen molar-refractivity contribution in [3.63, 3.8) is 0 Å². The van der Waals surface area contributed by atoms with E-state index in [0.29, 0.717) is 23.5 Å². The van der Waals surface area contributed by atoms with Crippen molar-refractivity contribution in [2.75, 3.05) is 25.5 Å². The number of carbonyl (C=O) groups is 3. The number of nitrogens with zero attached hydrogens (tertiary/aromatic N) is 2. The van der Waals surface area contributed by atoms with Crippen molar-refractivity contribution in [3.8, 4) is 11.1 Å². The summed E-state index contributed by atoms with van der Waals surface area (Å²) in [6.07, 6.45) is -0.279. The number of aliphatic carboxylic acids is 1. The first kappa shape index (κ1) is 23.4. The standard InChI is InChI=1S/C25H25N3O5S/c1-15-22(23(31)28(2)13-7-12-21(29)30)34-24(26-15)27-25(32)33-14-20-18-10-5-3-8-16(18)17-9-4-6-11-19(17)20/h3-6,8-11,20H,7,12-14H2,1-2H3,(H,29,30)(H,26,27,32). The van der Waals surface area contributed by atoms with Gasteiger partial charge in [0, 0.05) is 25.9 Å². The van der Waals surface area contributed by atoms with Gasteiger partial charge in [0.1, 0.15) is 11.5 Å². The van der Waals surface area contributed by atoms with Crippen molar-refractivity contribution >= 4 is 34.4 Å². The Balaban J connectivity index is 1.37. The van der Waals surface area contributed by atoms with E-state index in [-0.39, 0.29) is 30.0 Å². The van der Waals surface area contributed by atoms with Crippen LogP contribution in [-0.4, -0.2) is 53.2 Å². The summed E-state index contributed by atoms with van der Waals surface area (Å²) < 4.78 is 5.54. The summed E-state index contributed by atoms with van der Waals surface area (Å²) in [5, 5.41) is 11.7. The van der Waals surface area contributed by atoms with Gasteiger partial charge in [-0.15, -0.1) is 0 Å². The van der Waals surface area contributed by atoms with Gasteiger partial charge < -0.3 is 14.7 Å². The molecule has 34 heavy (non-hydrogen) atoms. The number of amides is 2. The van der Waals surface area contributed by atoms with Crippen LogP contribution in [0.25, 0.3) is 11.1 Å². The molecular weight excluding hydrogens is 454 g/mol. The Kier molecular flexibility index (Phi) is 6.93. The van der Waals surface area contributed by atoms with Crippen molar-refractivity contribution < 1.29 is 24.2 Å². The lowest BCUT2D eigenvalue weighted by Gasteiger charge is -2.15. The number of thiazole rings is 1. The van der Waals surface area contributed by atoms with Crippen LogP contribution >= 0.6 is 11.3 Å². The third-order valence-corrected chi connectivity index (χ3v) is 6.84. The number of carboxylic acid groups (broad SMARTS) is 1. The minimum Gasteiger partial charge on any atom is -0.481 e. The van der Waals surface area contributed by atoms with Crippen LogP contribution in [-0.2, 0) is 9.53 Å². The van der Waals surface area contributed by atoms with Gasteiger partial charge in [-0.3, -0.25) is 14.9 Å². The van der Waals surface area contributed by atoms with Crippen LogP contribution in [0.15, 0.2) is 48.5 Å². The summed E-state index contributed by atoms with van der Waals surface area (Å²) in [4.78, 5) is 42.0. The number of rotatable bonds is 8. The molecule has 8 nitrogen and oxygen atoms in total. The molecule has 0 radical (unpaired) electrons. The number of ether oxygens (including phenoxy) is 1. The molecule has 1 aromatic heterocycles. The first-order chi connectivity index (χ1) is 16.3. The predicted octanol–water partition coefficient (Wildman–Crippen LogP) is 4.75. The molecular formula is C25H25N3O5S. The van der Waals surface area contributed by atoms with Crippen LogP contribution in [0.2, 0.25) is 0 Å². The molecule has 1 aliphatic rings. The van der Waals surface area contributed by atoms with Crippen LogP contribution < -0.4 is 5.32 Å². The SMILES string of the molecule is Cc1nc(NC(=O)OCC2c3ccccc3-c3ccccc32)sc1C(=O)N(C)CCCC(=O)O. The zero-order valence-corrected chi connectivity index (χ0v) is 19.7. The lowest BCUT2D eigenvalue weighted by atomic mass is 9.98. The van der Waals surface area contributed by atoms with Crippen molar-refractivity contribution in [3.05, 3.63) is 70.2 Å². The molecule has 176 valence electrons. The lowest BCUT2D eigenvalue weighted by molar-refractivity contribution is -0.137. The monoisotopic (exact) mass is 479 g/mol. The molecule has 4 rings (SSSR count). The molecule has 1 aliphatic carbocycles. The third kappa shape index (κ3) is 4.94. The fraction of sp³-hybridized carbons (Fsp3) is 0.280. The summed E-state index contributed by atoms with van der Waals surface area (Å²) >= 11 is 1.07. The molecule has 0 spiro atoms. The molecule has 2 aromatic carbocycles. The molecule has 0 aliphatic heterocycles. The van der Waals surface area contributed by atoms with E-state index in [1.807, 2.05) is 24.3 Å². The van der Waals surface area contributed by atoms with E-state index in [1.165, 1.54) is 4.90 Å². The summed E-state index contributed by atoms with van der Waals surface area (Å²) in [5.41, 5.74) is 5.05. The van der Waals surface area contributed by atoms with Gasteiger partial charge in [-0.25, -0.2) is 9.78 Å². The number of aromatic nitrogens is 1. The van der Waals surface area contributed by atoms with E-state index in [9.17, 15) is 14.4 Å². The normalized spacial score (nSPS) is 12.1. The van der Waals surface area contributed by atoms with E-state index in [0.717, 1.165) is 33.6 Å². The third-order valence-electron chi connectivity index (χ3n) is 5.77. The minimum absolute atomic E-state index is 0.00607. The van der Waals surface area contributed by atoms with Gasteiger partial charge in [0.25, 0.3) is 5.91 Å². The Labute approximate surface area is 201 Å². The molecule has 3 aromatic rings. The molecule has 2 N–H and O–H groups in total. The van der Waals surface area contributed by atoms with Gasteiger partial charge in [-0.1, -0.05) is 59.9 Å². The molecule has 0 saturated heterocycles. The highest BCUT2D eigenvalue weighted by molar-refractivity contribution is 7.17. The number of benzene rings is 2. The summed E-state index contributed by atoms with van der Waals surface area (Å²) in [7, 11) is 1.61. The number of anilines is 1. The summed E-state index contributed by atoms with van der Waals surface area (Å²) in [5.74, 6) is -1.21. The maximum absolute atomic E-state index is 12.7. The quantitative estimate of drug-likeness (QED) is 0.483. The van der Waals surface area contributed by atoms with Gasteiger partial charge in [-0.05, 0) is 35.6 Å². The topological polar surface area (TPSA) is 109 Å². The number of nitrogens with one attached hydrogen (secondary N) is 1.